The summed E-state index contributed by atoms with van der Waals surface area (Å²) in [7, 11) is 1.50. The second-order valence-electron chi connectivity index (χ2n) is 4.54. The average Bonchev–Trinajstić information content (AvgIpc) is 2.45. The summed E-state index contributed by atoms with van der Waals surface area (Å²) >= 11 is 0. The third-order valence-electron chi connectivity index (χ3n) is 2.93. The van der Waals surface area contributed by atoms with E-state index in [4.69, 9.17) is 10.8 Å². The van der Waals surface area contributed by atoms with Gasteiger partial charge in [-0.1, -0.05) is 12.1 Å². The number of hydrogen-bond acceptors (Lipinski definition) is 3. The number of nitrogens with two attached hydrogens (primary N) is 1. The first-order valence-electron chi connectivity index (χ1n) is 6.55. The SMILES string of the molecule is CN(C(=O)NCCCCC(N)=O)c1ccccc1C(=O)O. The van der Waals surface area contributed by atoms with Crippen LogP contribution in [0.1, 0.15) is 29.6 Å². The minimum atomic E-state index is -1.09. The topological polar surface area (TPSA) is 113 Å². The van der Waals surface area contributed by atoms with Crippen LogP contribution < -0.4 is 16.0 Å². The summed E-state index contributed by atoms with van der Waals surface area (Å²) in [6, 6.07) is 5.87. The zero-order valence-electron chi connectivity index (χ0n) is 11.8. The molecular weight excluding hydrogens is 274 g/mol. The van der Waals surface area contributed by atoms with Crippen molar-refractivity contribution in [2.24, 2.45) is 5.73 Å². The van der Waals surface area contributed by atoms with E-state index < -0.39 is 12.0 Å². The summed E-state index contributed by atoms with van der Waals surface area (Å²) in [5.74, 6) is -1.46. The molecule has 7 nitrogen and oxygen atoms in total. The number of nitrogens with zero attached hydrogens (tertiary/aromatic N) is 1. The van der Waals surface area contributed by atoms with E-state index in [-0.39, 0.29) is 17.9 Å². The van der Waals surface area contributed by atoms with Gasteiger partial charge in [-0.15, -0.1) is 0 Å². The number of rotatable bonds is 7. The molecule has 0 aliphatic heterocycles. The number of benzene rings is 1. The Balaban J connectivity index is 2.55. The van der Waals surface area contributed by atoms with E-state index in [1.807, 2.05) is 0 Å². The molecule has 4 N–H and O–H groups in total. The standard InChI is InChI=1S/C14H19N3O4/c1-17(11-7-3-2-6-10(11)13(19)20)14(21)16-9-5-4-8-12(15)18/h2-3,6-7H,4-5,8-9H2,1H3,(H2,15,18)(H,16,21)(H,19,20). The summed E-state index contributed by atoms with van der Waals surface area (Å²) in [6.07, 6.45) is 1.52. The molecule has 0 unspecified atom stereocenters. The predicted octanol–water partition coefficient (Wildman–Crippen LogP) is 1.19. The minimum Gasteiger partial charge on any atom is -0.478 e. The van der Waals surface area contributed by atoms with Gasteiger partial charge in [0.1, 0.15) is 0 Å². The maximum Gasteiger partial charge on any atom is 0.337 e. The molecule has 21 heavy (non-hydrogen) atoms. The van der Waals surface area contributed by atoms with Crippen molar-refractivity contribution in [1.29, 1.82) is 0 Å². The molecular formula is C14H19N3O4. The van der Waals surface area contributed by atoms with Gasteiger partial charge in [-0.25, -0.2) is 9.59 Å². The molecule has 1 aromatic rings. The van der Waals surface area contributed by atoms with Crippen molar-refractivity contribution in [3.05, 3.63) is 29.8 Å². The quantitative estimate of drug-likeness (QED) is 0.655. The van der Waals surface area contributed by atoms with Crippen LogP contribution in [-0.4, -0.2) is 36.6 Å². The van der Waals surface area contributed by atoms with Crippen LogP contribution in [0, 0.1) is 0 Å². The summed E-state index contributed by atoms with van der Waals surface area (Å²) in [4.78, 5) is 34.9. The van der Waals surface area contributed by atoms with E-state index >= 15 is 0 Å². The minimum absolute atomic E-state index is 0.0591. The highest BCUT2D eigenvalue weighted by Crippen LogP contribution is 2.19. The second-order valence-corrected chi connectivity index (χ2v) is 4.54. The van der Waals surface area contributed by atoms with E-state index in [1.165, 1.54) is 18.0 Å². The first-order chi connectivity index (χ1) is 9.93. The van der Waals surface area contributed by atoms with Gasteiger partial charge in [-0.05, 0) is 25.0 Å². The van der Waals surface area contributed by atoms with Gasteiger partial charge in [0.15, 0.2) is 0 Å². The van der Waals surface area contributed by atoms with Crippen molar-refractivity contribution >= 4 is 23.6 Å². The second kappa shape index (κ2) is 7.88. The van der Waals surface area contributed by atoms with Gasteiger partial charge in [0.05, 0.1) is 11.3 Å². The van der Waals surface area contributed by atoms with Crippen molar-refractivity contribution in [2.45, 2.75) is 19.3 Å². The third kappa shape index (κ3) is 5.13. The van der Waals surface area contributed by atoms with E-state index in [0.29, 0.717) is 25.1 Å². The van der Waals surface area contributed by atoms with Crippen LogP contribution in [0.25, 0.3) is 0 Å². The molecule has 0 aromatic heterocycles. The lowest BCUT2D eigenvalue weighted by Gasteiger charge is -2.19. The van der Waals surface area contributed by atoms with E-state index in [1.54, 1.807) is 18.2 Å². The van der Waals surface area contributed by atoms with Gasteiger partial charge in [-0.3, -0.25) is 9.69 Å². The first kappa shape index (κ1) is 16.5. The molecule has 1 rings (SSSR count). The summed E-state index contributed by atoms with van der Waals surface area (Å²) < 4.78 is 0. The summed E-state index contributed by atoms with van der Waals surface area (Å²) in [5.41, 5.74) is 5.39. The molecule has 0 aliphatic rings. The number of carbonyl (C=O) groups excluding carboxylic acids is 2. The van der Waals surface area contributed by atoms with Crippen LogP contribution >= 0.6 is 0 Å². The molecule has 0 bridgehead atoms. The number of unbranched alkanes of at least 4 members (excludes halogenated alkanes) is 1. The fourth-order valence-electron chi connectivity index (χ4n) is 1.79. The van der Waals surface area contributed by atoms with Crippen molar-refractivity contribution < 1.29 is 19.5 Å². The molecule has 0 saturated heterocycles. The Morgan fingerprint density at radius 3 is 2.52 bits per heavy atom. The fourth-order valence-corrected chi connectivity index (χ4v) is 1.79. The molecule has 0 heterocycles. The van der Waals surface area contributed by atoms with Gasteiger partial charge in [0.25, 0.3) is 0 Å². The highest BCUT2D eigenvalue weighted by Gasteiger charge is 2.17. The van der Waals surface area contributed by atoms with E-state index in [9.17, 15) is 14.4 Å². The number of primary amides is 1. The lowest BCUT2D eigenvalue weighted by Crippen LogP contribution is -2.38. The number of carbonyl (C=O) groups is 3. The lowest BCUT2D eigenvalue weighted by atomic mass is 10.1. The van der Waals surface area contributed by atoms with E-state index in [2.05, 4.69) is 5.32 Å². The summed E-state index contributed by atoms with van der Waals surface area (Å²) in [5, 5.41) is 11.8. The third-order valence-corrected chi connectivity index (χ3v) is 2.93. The number of anilines is 1. The van der Waals surface area contributed by atoms with Crippen LogP contribution in [0.4, 0.5) is 10.5 Å². The number of amides is 3. The Hall–Kier alpha value is -2.57. The fraction of sp³-hybridized carbons (Fsp3) is 0.357. The molecule has 1 aromatic carbocycles. The highest BCUT2D eigenvalue weighted by atomic mass is 16.4. The van der Waals surface area contributed by atoms with Crippen molar-refractivity contribution in [2.75, 3.05) is 18.5 Å². The van der Waals surface area contributed by atoms with Crippen LogP contribution in [-0.2, 0) is 4.79 Å². The normalized spacial score (nSPS) is 9.95. The Kier molecular flexibility index (Phi) is 6.19. The van der Waals surface area contributed by atoms with Crippen LogP contribution in [0.2, 0.25) is 0 Å². The average molecular weight is 293 g/mol. The molecule has 7 heteroatoms. The number of nitrogens with one attached hydrogen (secondary N) is 1. The molecule has 0 aliphatic carbocycles. The summed E-state index contributed by atoms with van der Waals surface area (Å²) in [6.45, 7) is 0.395. The van der Waals surface area contributed by atoms with Gasteiger partial charge in [0, 0.05) is 20.0 Å². The molecule has 0 atom stereocenters. The van der Waals surface area contributed by atoms with Crippen LogP contribution in [0.5, 0.6) is 0 Å². The predicted molar refractivity (Wildman–Crippen MR) is 78.2 cm³/mol. The maximum atomic E-state index is 11.9. The van der Waals surface area contributed by atoms with Crippen molar-refractivity contribution in [3.63, 3.8) is 0 Å². The lowest BCUT2D eigenvalue weighted by molar-refractivity contribution is -0.118. The van der Waals surface area contributed by atoms with Crippen LogP contribution in [0.3, 0.4) is 0 Å². The smallest absolute Gasteiger partial charge is 0.337 e. The van der Waals surface area contributed by atoms with Gasteiger partial charge < -0.3 is 16.2 Å². The maximum absolute atomic E-state index is 11.9. The molecule has 0 spiro atoms. The Bertz CT molecular complexity index is 531. The van der Waals surface area contributed by atoms with Gasteiger partial charge in [-0.2, -0.15) is 0 Å². The van der Waals surface area contributed by atoms with Crippen molar-refractivity contribution in [3.8, 4) is 0 Å². The zero-order chi connectivity index (χ0) is 15.8. The molecule has 0 fully saturated rings. The van der Waals surface area contributed by atoms with E-state index in [0.717, 1.165) is 0 Å². The Morgan fingerprint density at radius 2 is 1.90 bits per heavy atom. The van der Waals surface area contributed by atoms with Gasteiger partial charge in [0.2, 0.25) is 5.91 Å². The number of aromatic carboxylic acids is 1. The molecule has 0 radical (unpaired) electrons. The van der Waals surface area contributed by atoms with Crippen molar-refractivity contribution in [1.82, 2.24) is 5.32 Å². The van der Waals surface area contributed by atoms with Gasteiger partial charge >= 0.3 is 12.0 Å². The Morgan fingerprint density at radius 1 is 1.24 bits per heavy atom. The number of hydrogen-bond donors (Lipinski definition) is 3. The molecule has 114 valence electrons. The molecule has 0 saturated carbocycles. The number of urea groups is 1. The largest absolute Gasteiger partial charge is 0.478 e. The number of para-hydroxylation sites is 1. The van der Waals surface area contributed by atoms with Crippen LogP contribution in [0.15, 0.2) is 24.3 Å². The highest BCUT2D eigenvalue weighted by molar-refractivity contribution is 6.01. The molecule has 3 amide bonds. The first-order valence-corrected chi connectivity index (χ1v) is 6.55. The zero-order valence-corrected chi connectivity index (χ0v) is 11.8. The number of carboxylic acids is 1. The monoisotopic (exact) mass is 293 g/mol. The number of carboxylic acid groups (broad SMARTS) is 1. The Labute approximate surface area is 122 Å².